The maximum atomic E-state index is 8.70. The van der Waals surface area contributed by atoms with Gasteiger partial charge in [-0.2, -0.15) is 5.26 Å². The number of ether oxygens (including phenoxy) is 1. The van der Waals surface area contributed by atoms with Crippen molar-refractivity contribution in [3.05, 3.63) is 53.1 Å². The van der Waals surface area contributed by atoms with Gasteiger partial charge < -0.3 is 4.74 Å². The summed E-state index contributed by atoms with van der Waals surface area (Å²) in [4.78, 5) is 7.79. The largest absolute Gasteiger partial charge is 0.487 e. The van der Waals surface area contributed by atoms with Crippen molar-refractivity contribution in [3.8, 4) is 11.8 Å². The monoisotopic (exact) mass is 245 g/mol. The van der Waals surface area contributed by atoms with Gasteiger partial charge in [0.1, 0.15) is 24.1 Å². The van der Waals surface area contributed by atoms with Crippen LogP contribution in [0.25, 0.3) is 0 Å². The lowest BCUT2D eigenvalue weighted by Crippen LogP contribution is -1.97. The van der Waals surface area contributed by atoms with Gasteiger partial charge >= 0.3 is 0 Å². The van der Waals surface area contributed by atoms with Crippen LogP contribution in [-0.4, -0.2) is 9.97 Å². The topological polar surface area (TPSA) is 58.8 Å². The summed E-state index contributed by atoms with van der Waals surface area (Å²) >= 11 is 5.78. The zero-order valence-corrected chi connectivity index (χ0v) is 9.55. The van der Waals surface area contributed by atoms with Crippen LogP contribution in [0.2, 0.25) is 5.02 Å². The molecule has 0 amide bonds. The third kappa shape index (κ3) is 3.16. The Balaban J connectivity index is 2.05. The molecular formula is C12H8ClN3O. The highest BCUT2D eigenvalue weighted by atomic mass is 35.5. The van der Waals surface area contributed by atoms with Gasteiger partial charge in [-0.3, -0.25) is 4.98 Å². The molecule has 2 rings (SSSR count). The molecule has 0 aliphatic heterocycles. The van der Waals surface area contributed by atoms with Gasteiger partial charge in [-0.15, -0.1) is 0 Å². The van der Waals surface area contributed by atoms with Gasteiger partial charge in [0.25, 0.3) is 0 Å². The van der Waals surface area contributed by atoms with E-state index in [-0.39, 0.29) is 0 Å². The zero-order valence-electron chi connectivity index (χ0n) is 8.80. The molecule has 17 heavy (non-hydrogen) atoms. The van der Waals surface area contributed by atoms with E-state index in [0.29, 0.717) is 23.1 Å². The lowest BCUT2D eigenvalue weighted by Gasteiger charge is -2.05. The van der Waals surface area contributed by atoms with Crippen LogP contribution in [0.5, 0.6) is 5.75 Å². The third-order valence-corrected chi connectivity index (χ3v) is 2.23. The standard InChI is InChI=1S/C12H8ClN3O/c13-10-4-12(7-15-6-10)17-8-9-1-2-16-11(3-9)5-14/h1-4,6-7H,8H2. The van der Waals surface area contributed by atoms with E-state index in [4.69, 9.17) is 21.6 Å². The minimum Gasteiger partial charge on any atom is -0.487 e. The average Bonchev–Trinajstić information content (AvgIpc) is 2.37. The molecule has 0 bridgehead atoms. The van der Waals surface area contributed by atoms with Crippen molar-refractivity contribution in [2.45, 2.75) is 6.61 Å². The van der Waals surface area contributed by atoms with Crippen molar-refractivity contribution in [2.75, 3.05) is 0 Å². The molecule has 2 heterocycles. The second kappa shape index (κ2) is 5.28. The Kier molecular flexibility index (Phi) is 3.53. The van der Waals surface area contributed by atoms with Crippen LogP contribution in [0.4, 0.5) is 0 Å². The van der Waals surface area contributed by atoms with Gasteiger partial charge in [0.05, 0.1) is 11.2 Å². The van der Waals surface area contributed by atoms with Crippen molar-refractivity contribution in [1.29, 1.82) is 5.26 Å². The minimum atomic E-state index is 0.346. The fourth-order valence-electron chi connectivity index (χ4n) is 1.26. The lowest BCUT2D eigenvalue weighted by molar-refractivity contribution is 0.305. The lowest BCUT2D eigenvalue weighted by atomic mass is 10.2. The van der Waals surface area contributed by atoms with E-state index >= 15 is 0 Å². The molecule has 0 N–H and O–H groups in total. The van der Waals surface area contributed by atoms with Crippen LogP contribution in [0.3, 0.4) is 0 Å². The quantitative estimate of drug-likeness (QED) is 0.834. The molecule has 0 unspecified atom stereocenters. The van der Waals surface area contributed by atoms with Crippen molar-refractivity contribution in [2.24, 2.45) is 0 Å². The molecule has 84 valence electrons. The van der Waals surface area contributed by atoms with Crippen LogP contribution in [-0.2, 0) is 6.61 Å². The SMILES string of the molecule is N#Cc1cc(COc2cncc(Cl)c2)ccn1. The second-order valence-electron chi connectivity index (χ2n) is 3.29. The van der Waals surface area contributed by atoms with Gasteiger partial charge in [0.2, 0.25) is 0 Å². The van der Waals surface area contributed by atoms with Crippen LogP contribution in [0.15, 0.2) is 36.8 Å². The minimum absolute atomic E-state index is 0.346. The van der Waals surface area contributed by atoms with Crippen LogP contribution < -0.4 is 4.74 Å². The Morgan fingerprint density at radius 2 is 2.24 bits per heavy atom. The van der Waals surface area contributed by atoms with Crippen molar-refractivity contribution in [1.82, 2.24) is 9.97 Å². The van der Waals surface area contributed by atoms with Crippen molar-refractivity contribution >= 4 is 11.6 Å². The number of pyridine rings is 2. The maximum absolute atomic E-state index is 8.70. The van der Waals surface area contributed by atoms with E-state index in [9.17, 15) is 0 Å². The van der Waals surface area contributed by atoms with Crippen molar-refractivity contribution < 1.29 is 4.74 Å². The van der Waals surface area contributed by atoms with E-state index in [1.165, 1.54) is 6.20 Å². The summed E-state index contributed by atoms with van der Waals surface area (Å²) in [6, 6.07) is 7.13. The number of hydrogen-bond donors (Lipinski definition) is 0. The van der Waals surface area contributed by atoms with Gasteiger partial charge in [0.15, 0.2) is 0 Å². The molecule has 2 aromatic heterocycles. The van der Waals surface area contributed by atoms with Gasteiger partial charge in [-0.25, -0.2) is 4.98 Å². The number of nitriles is 1. The Hall–Kier alpha value is -2.12. The van der Waals surface area contributed by atoms with Gasteiger partial charge in [-0.05, 0) is 17.7 Å². The third-order valence-electron chi connectivity index (χ3n) is 2.02. The van der Waals surface area contributed by atoms with E-state index in [0.717, 1.165) is 5.56 Å². The molecule has 0 aliphatic carbocycles. The molecule has 0 aliphatic rings. The molecule has 4 nitrogen and oxygen atoms in total. The molecular weight excluding hydrogens is 238 g/mol. The Labute approximate surface area is 103 Å². The maximum Gasteiger partial charge on any atom is 0.140 e. The summed E-state index contributed by atoms with van der Waals surface area (Å²) in [6.07, 6.45) is 4.69. The zero-order chi connectivity index (χ0) is 12.1. The van der Waals surface area contributed by atoms with E-state index in [1.807, 2.05) is 6.07 Å². The number of halogens is 1. The van der Waals surface area contributed by atoms with E-state index < -0.39 is 0 Å². The highest BCUT2D eigenvalue weighted by molar-refractivity contribution is 6.30. The first-order chi connectivity index (χ1) is 8.28. The predicted molar refractivity (Wildman–Crippen MR) is 62.5 cm³/mol. The summed E-state index contributed by atoms with van der Waals surface area (Å²) in [6.45, 7) is 0.346. The highest BCUT2D eigenvalue weighted by Crippen LogP contribution is 2.16. The van der Waals surface area contributed by atoms with Gasteiger partial charge in [0, 0.05) is 18.5 Å². The Morgan fingerprint density at radius 1 is 1.35 bits per heavy atom. The van der Waals surface area contributed by atoms with Crippen LogP contribution in [0.1, 0.15) is 11.3 Å². The summed E-state index contributed by atoms with van der Waals surface area (Å²) in [5.41, 5.74) is 1.24. The van der Waals surface area contributed by atoms with Gasteiger partial charge in [-0.1, -0.05) is 11.6 Å². The number of hydrogen-bond acceptors (Lipinski definition) is 4. The first kappa shape index (κ1) is 11.4. The fraction of sp³-hybridized carbons (Fsp3) is 0.0833. The molecule has 0 spiro atoms. The molecule has 5 heteroatoms. The smallest absolute Gasteiger partial charge is 0.140 e. The highest BCUT2D eigenvalue weighted by Gasteiger charge is 1.99. The predicted octanol–water partition coefficient (Wildman–Crippen LogP) is 2.58. The van der Waals surface area contributed by atoms with E-state index in [2.05, 4.69) is 9.97 Å². The molecule has 0 radical (unpaired) electrons. The number of nitrogens with zero attached hydrogens (tertiary/aromatic N) is 3. The molecule has 2 aromatic rings. The molecule has 0 saturated carbocycles. The van der Waals surface area contributed by atoms with Crippen LogP contribution in [0, 0.1) is 11.3 Å². The summed E-state index contributed by atoms with van der Waals surface area (Å²) in [7, 11) is 0. The first-order valence-electron chi connectivity index (χ1n) is 4.86. The molecule has 0 fully saturated rings. The molecule has 0 aromatic carbocycles. The summed E-state index contributed by atoms with van der Waals surface area (Å²) in [5.74, 6) is 0.591. The normalized spacial score (nSPS) is 9.65. The number of rotatable bonds is 3. The first-order valence-corrected chi connectivity index (χ1v) is 5.24. The second-order valence-corrected chi connectivity index (χ2v) is 3.73. The summed E-state index contributed by atoms with van der Waals surface area (Å²) in [5, 5.41) is 9.23. The number of aromatic nitrogens is 2. The van der Waals surface area contributed by atoms with E-state index in [1.54, 1.807) is 30.6 Å². The van der Waals surface area contributed by atoms with Crippen molar-refractivity contribution in [3.63, 3.8) is 0 Å². The molecule has 0 atom stereocenters. The summed E-state index contributed by atoms with van der Waals surface area (Å²) < 4.78 is 5.49. The Morgan fingerprint density at radius 3 is 3.00 bits per heavy atom. The Bertz CT molecular complexity index is 566. The average molecular weight is 246 g/mol. The molecule has 0 saturated heterocycles. The fourth-order valence-corrected chi connectivity index (χ4v) is 1.43. The van der Waals surface area contributed by atoms with Crippen LogP contribution >= 0.6 is 11.6 Å².